The molecule has 23 heavy (non-hydrogen) atoms. The summed E-state index contributed by atoms with van der Waals surface area (Å²) in [7, 11) is 0. The predicted octanol–water partition coefficient (Wildman–Crippen LogP) is 1.63. The molecule has 0 aromatic heterocycles. The molecule has 0 aliphatic carbocycles. The van der Waals surface area contributed by atoms with Crippen LogP contribution in [0.4, 0.5) is 0 Å². The number of morpholine rings is 1. The molecule has 1 fully saturated rings. The summed E-state index contributed by atoms with van der Waals surface area (Å²) in [5, 5.41) is 4.01. The molecule has 1 aromatic rings. The molecular weight excluding hydrogens is 294 g/mol. The average Bonchev–Trinajstić information content (AvgIpc) is 2.62. The SMILES string of the molecule is O=C1CCC(CCC(=O)N2CCO[C@H](c3ccccc3)C2)=NN1. The van der Waals surface area contributed by atoms with Gasteiger partial charge in [-0.1, -0.05) is 30.3 Å². The molecule has 2 aliphatic rings. The summed E-state index contributed by atoms with van der Waals surface area (Å²) >= 11 is 0. The first-order chi connectivity index (χ1) is 11.2. The molecule has 3 rings (SSSR count). The van der Waals surface area contributed by atoms with Crippen LogP contribution < -0.4 is 5.43 Å². The van der Waals surface area contributed by atoms with E-state index in [2.05, 4.69) is 10.5 Å². The maximum absolute atomic E-state index is 12.4. The van der Waals surface area contributed by atoms with Gasteiger partial charge in [-0.25, -0.2) is 5.43 Å². The Morgan fingerprint density at radius 2 is 2.13 bits per heavy atom. The number of carbonyl (C=O) groups excluding carboxylic acids is 2. The summed E-state index contributed by atoms with van der Waals surface area (Å²) in [4.78, 5) is 25.3. The molecule has 2 amide bonds. The molecule has 1 aromatic carbocycles. The van der Waals surface area contributed by atoms with Crippen LogP contribution in [-0.4, -0.2) is 42.1 Å². The van der Waals surface area contributed by atoms with Crippen molar-refractivity contribution in [3.05, 3.63) is 35.9 Å². The molecule has 0 saturated carbocycles. The minimum absolute atomic E-state index is 0.0554. The Labute approximate surface area is 135 Å². The molecule has 2 heterocycles. The molecule has 0 spiro atoms. The highest BCUT2D eigenvalue weighted by Crippen LogP contribution is 2.22. The van der Waals surface area contributed by atoms with Crippen LogP contribution in [0.2, 0.25) is 0 Å². The number of hydrogen-bond donors (Lipinski definition) is 1. The number of ether oxygens (including phenoxy) is 1. The Balaban J connectivity index is 1.52. The van der Waals surface area contributed by atoms with E-state index in [0.717, 1.165) is 11.3 Å². The highest BCUT2D eigenvalue weighted by atomic mass is 16.5. The molecule has 0 bridgehead atoms. The number of hydrazone groups is 1. The lowest BCUT2D eigenvalue weighted by Crippen LogP contribution is -2.42. The van der Waals surface area contributed by atoms with Crippen molar-refractivity contribution in [2.45, 2.75) is 31.8 Å². The van der Waals surface area contributed by atoms with E-state index in [1.807, 2.05) is 35.2 Å². The fourth-order valence-electron chi connectivity index (χ4n) is 2.85. The first-order valence-electron chi connectivity index (χ1n) is 8.01. The van der Waals surface area contributed by atoms with Crippen LogP contribution in [-0.2, 0) is 14.3 Å². The topological polar surface area (TPSA) is 71.0 Å². The number of amides is 2. The monoisotopic (exact) mass is 315 g/mol. The summed E-state index contributed by atoms with van der Waals surface area (Å²) in [6.07, 6.45) is 2.08. The zero-order valence-corrected chi connectivity index (χ0v) is 13.0. The second-order valence-electron chi connectivity index (χ2n) is 5.82. The minimum atomic E-state index is -0.0565. The fourth-order valence-corrected chi connectivity index (χ4v) is 2.85. The number of nitrogens with one attached hydrogen (secondary N) is 1. The zero-order chi connectivity index (χ0) is 16.1. The molecule has 122 valence electrons. The van der Waals surface area contributed by atoms with E-state index in [1.54, 1.807) is 0 Å². The van der Waals surface area contributed by atoms with Crippen LogP contribution in [0.5, 0.6) is 0 Å². The largest absolute Gasteiger partial charge is 0.370 e. The van der Waals surface area contributed by atoms with E-state index < -0.39 is 0 Å². The van der Waals surface area contributed by atoms with Crippen molar-refractivity contribution in [1.82, 2.24) is 10.3 Å². The molecule has 1 atom stereocenters. The third-order valence-electron chi connectivity index (χ3n) is 4.20. The van der Waals surface area contributed by atoms with Gasteiger partial charge in [0.15, 0.2) is 0 Å². The van der Waals surface area contributed by atoms with Gasteiger partial charge in [-0.05, 0) is 18.4 Å². The van der Waals surface area contributed by atoms with E-state index in [4.69, 9.17) is 4.74 Å². The fraction of sp³-hybridized carbons (Fsp3) is 0.471. The van der Waals surface area contributed by atoms with Crippen molar-refractivity contribution in [3.8, 4) is 0 Å². The highest BCUT2D eigenvalue weighted by molar-refractivity contribution is 5.94. The zero-order valence-electron chi connectivity index (χ0n) is 13.0. The lowest BCUT2D eigenvalue weighted by Gasteiger charge is -2.33. The number of nitrogens with zero attached hydrogens (tertiary/aromatic N) is 2. The number of hydrogen-bond acceptors (Lipinski definition) is 4. The quantitative estimate of drug-likeness (QED) is 0.918. The molecular formula is C17H21N3O3. The Hall–Kier alpha value is -2.21. The highest BCUT2D eigenvalue weighted by Gasteiger charge is 2.25. The maximum Gasteiger partial charge on any atom is 0.240 e. The van der Waals surface area contributed by atoms with Crippen molar-refractivity contribution in [1.29, 1.82) is 0 Å². The van der Waals surface area contributed by atoms with Crippen LogP contribution in [0.25, 0.3) is 0 Å². The van der Waals surface area contributed by atoms with Gasteiger partial charge in [-0.15, -0.1) is 0 Å². The Morgan fingerprint density at radius 3 is 2.87 bits per heavy atom. The average molecular weight is 315 g/mol. The Kier molecular flexibility index (Phi) is 5.02. The molecule has 6 nitrogen and oxygen atoms in total. The third kappa shape index (κ3) is 4.16. The van der Waals surface area contributed by atoms with E-state index in [9.17, 15) is 9.59 Å². The lowest BCUT2D eigenvalue weighted by molar-refractivity contribution is -0.138. The van der Waals surface area contributed by atoms with E-state index in [0.29, 0.717) is 45.4 Å². The van der Waals surface area contributed by atoms with Crippen molar-refractivity contribution >= 4 is 17.5 Å². The van der Waals surface area contributed by atoms with E-state index >= 15 is 0 Å². The van der Waals surface area contributed by atoms with Crippen molar-refractivity contribution < 1.29 is 14.3 Å². The normalized spacial score (nSPS) is 21.6. The van der Waals surface area contributed by atoms with Gasteiger partial charge in [0.1, 0.15) is 6.10 Å². The smallest absolute Gasteiger partial charge is 0.240 e. The van der Waals surface area contributed by atoms with Crippen LogP contribution in [0.15, 0.2) is 35.4 Å². The van der Waals surface area contributed by atoms with Gasteiger partial charge in [0, 0.05) is 25.1 Å². The Morgan fingerprint density at radius 1 is 1.30 bits per heavy atom. The van der Waals surface area contributed by atoms with E-state index in [1.165, 1.54) is 0 Å². The van der Waals surface area contributed by atoms with Gasteiger partial charge in [0.2, 0.25) is 11.8 Å². The summed E-state index contributed by atoms with van der Waals surface area (Å²) in [5.74, 6) is 0.0628. The summed E-state index contributed by atoms with van der Waals surface area (Å²) in [6.45, 7) is 1.78. The van der Waals surface area contributed by atoms with Gasteiger partial charge < -0.3 is 9.64 Å². The van der Waals surface area contributed by atoms with Crippen molar-refractivity contribution in [2.75, 3.05) is 19.7 Å². The van der Waals surface area contributed by atoms with Crippen LogP contribution in [0, 0.1) is 0 Å². The van der Waals surface area contributed by atoms with Crippen LogP contribution >= 0.6 is 0 Å². The first kappa shape index (κ1) is 15.7. The standard InChI is InChI=1S/C17H21N3O3/c21-16-8-6-14(18-19-16)7-9-17(22)20-10-11-23-15(12-20)13-4-2-1-3-5-13/h1-5,15H,6-12H2,(H,19,21)/t15-/m0/s1. The van der Waals surface area contributed by atoms with Gasteiger partial charge in [0.25, 0.3) is 0 Å². The van der Waals surface area contributed by atoms with Gasteiger partial charge in [0.05, 0.1) is 13.2 Å². The minimum Gasteiger partial charge on any atom is -0.370 e. The van der Waals surface area contributed by atoms with Gasteiger partial charge >= 0.3 is 0 Å². The number of rotatable bonds is 4. The molecule has 6 heteroatoms. The van der Waals surface area contributed by atoms with Crippen molar-refractivity contribution in [2.24, 2.45) is 5.10 Å². The van der Waals surface area contributed by atoms with Crippen LogP contribution in [0.3, 0.4) is 0 Å². The second-order valence-corrected chi connectivity index (χ2v) is 5.82. The van der Waals surface area contributed by atoms with Crippen molar-refractivity contribution in [3.63, 3.8) is 0 Å². The van der Waals surface area contributed by atoms with Gasteiger partial charge in [-0.3, -0.25) is 9.59 Å². The van der Waals surface area contributed by atoms with Crippen LogP contribution in [0.1, 0.15) is 37.4 Å². The molecule has 2 aliphatic heterocycles. The second kappa shape index (κ2) is 7.37. The first-order valence-corrected chi connectivity index (χ1v) is 8.01. The summed E-state index contributed by atoms with van der Waals surface area (Å²) < 4.78 is 5.79. The number of carbonyl (C=O) groups is 2. The molecule has 0 radical (unpaired) electrons. The lowest BCUT2D eigenvalue weighted by atomic mass is 10.1. The van der Waals surface area contributed by atoms with E-state index in [-0.39, 0.29) is 17.9 Å². The summed E-state index contributed by atoms with van der Waals surface area (Å²) in [6, 6.07) is 9.99. The third-order valence-corrected chi connectivity index (χ3v) is 4.20. The van der Waals surface area contributed by atoms with Gasteiger partial charge in [-0.2, -0.15) is 5.10 Å². The molecule has 0 unspecified atom stereocenters. The molecule has 1 saturated heterocycles. The predicted molar refractivity (Wildman–Crippen MR) is 85.8 cm³/mol. The maximum atomic E-state index is 12.4. The molecule has 1 N–H and O–H groups in total. The number of benzene rings is 1. The Bertz CT molecular complexity index is 600. The summed E-state index contributed by atoms with van der Waals surface area (Å²) in [5.41, 5.74) is 4.46.